The summed E-state index contributed by atoms with van der Waals surface area (Å²) in [4.78, 5) is 15.7. The highest BCUT2D eigenvalue weighted by molar-refractivity contribution is 5.87. The number of hydrogen-bond acceptors (Lipinski definition) is 4. The molecule has 2 aliphatic rings. The van der Waals surface area contributed by atoms with Gasteiger partial charge >= 0.3 is 0 Å². The van der Waals surface area contributed by atoms with Crippen LogP contribution in [0.3, 0.4) is 0 Å². The molecule has 29 heavy (non-hydrogen) atoms. The van der Waals surface area contributed by atoms with Gasteiger partial charge in [0.15, 0.2) is 5.60 Å². The van der Waals surface area contributed by atoms with Crippen molar-refractivity contribution in [1.29, 1.82) is 0 Å². The van der Waals surface area contributed by atoms with Crippen molar-refractivity contribution in [2.75, 3.05) is 19.6 Å². The van der Waals surface area contributed by atoms with Gasteiger partial charge in [-0.1, -0.05) is 42.0 Å². The number of likely N-dealkylation sites (tertiary alicyclic amines) is 1. The molecule has 5 nitrogen and oxygen atoms in total. The first-order chi connectivity index (χ1) is 13.9. The number of nitrogens with zero attached hydrogens (tertiary/aromatic N) is 1. The van der Waals surface area contributed by atoms with Crippen LogP contribution in [0.1, 0.15) is 57.9 Å². The van der Waals surface area contributed by atoms with Gasteiger partial charge in [-0.2, -0.15) is 0 Å². The lowest BCUT2D eigenvalue weighted by Gasteiger charge is -2.37. The normalized spacial score (nSPS) is 25.4. The number of hydrogen-bond donors (Lipinski definition) is 3. The maximum Gasteiger partial charge on any atom is 0.257 e. The zero-order chi connectivity index (χ0) is 20.9. The fourth-order valence-corrected chi connectivity index (χ4v) is 4.71. The average Bonchev–Trinajstić information content (AvgIpc) is 3.16. The van der Waals surface area contributed by atoms with Crippen LogP contribution in [0.5, 0.6) is 0 Å². The molecule has 1 aromatic carbocycles. The fraction of sp³-hybridized carbons (Fsp3) is 0.625. The minimum absolute atomic E-state index is 0.0868. The molecule has 1 aliphatic carbocycles. The summed E-state index contributed by atoms with van der Waals surface area (Å²) in [5, 5.41) is 24.7. The minimum atomic E-state index is -1.58. The Balaban J connectivity index is 1.62. The maximum absolute atomic E-state index is 13.3. The molecule has 3 rings (SSSR count). The van der Waals surface area contributed by atoms with Crippen LogP contribution >= 0.6 is 0 Å². The van der Waals surface area contributed by atoms with Gasteiger partial charge in [0.05, 0.1) is 6.10 Å². The predicted molar refractivity (Wildman–Crippen MR) is 115 cm³/mol. The van der Waals surface area contributed by atoms with Crippen molar-refractivity contribution < 1.29 is 15.0 Å². The zero-order valence-corrected chi connectivity index (χ0v) is 17.8. The molecule has 1 saturated heterocycles. The molecule has 0 bridgehead atoms. The fourth-order valence-electron chi connectivity index (χ4n) is 4.71. The van der Waals surface area contributed by atoms with E-state index in [1.54, 1.807) is 0 Å². The van der Waals surface area contributed by atoms with Gasteiger partial charge in [0, 0.05) is 31.6 Å². The van der Waals surface area contributed by atoms with Crippen LogP contribution in [0.25, 0.3) is 0 Å². The van der Waals surface area contributed by atoms with E-state index in [2.05, 4.69) is 30.1 Å². The molecule has 3 N–H and O–H groups in total. The first-order valence-corrected chi connectivity index (χ1v) is 11.0. The summed E-state index contributed by atoms with van der Waals surface area (Å²) in [6.07, 6.45) is 6.45. The largest absolute Gasteiger partial charge is 0.393 e. The van der Waals surface area contributed by atoms with E-state index >= 15 is 0 Å². The summed E-state index contributed by atoms with van der Waals surface area (Å²) in [6.45, 7) is 7.23. The molecule has 5 heteroatoms. The third kappa shape index (κ3) is 5.47. The molecule has 1 aliphatic heterocycles. The van der Waals surface area contributed by atoms with Gasteiger partial charge in [-0.3, -0.25) is 4.79 Å². The van der Waals surface area contributed by atoms with E-state index in [0.29, 0.717) is 24.8 Å². The number of aliphatic hydroxyl groups is 2. The van der Waals surface area contributed by atoms with Crippen molar-refractivity contribution in [3.63, 3.8) is 0 Å². The molecule has 3 atom stereocenters. The number of carbonyl (C=O) groups excluding carboxylic acids is 1. The van der Waals surface area contributed by atoms with E-state index in [9.17, 15) is 15.0 Å². The highest BCUT2D eigenvalue weighted by atomic mass is 16.3. The van der Waals surface area contributed by atoms with Crippen LogP contribution in [0.4, 0.5) is 0 Å². The Hall–Kier alpha value is -1.69. The summed E-state index contributed by atoms with van der Waals surface area (Å²) >= 11 is 0. The summed E-state index contributed by atoms with van der Waals surface area (Å²) in [5.41, 5.74) is 0.388. The molecule has 0 spiro atoms. The van der Waals surface area contributed by atoms with Crippen LogP contribution in [0, 0.1) is 5.92 Å². The van der Waals surface area contributed by atoms with Crippen molar-refractivity contribution in [1.82, 2.24) is 10.2 Å². The van der Waals surface area contributed by atoms with Gasteiger partial charge < -0.3 is 20.4 Å². The Morgan fingerprint density at radius 2 is 1.86 bits per heavy atom. The lowest BCUT2D eigenvalue weighted by Crippen LogP contribution is -2.54. The highest BCUT2D eigenvalue weighted by Crippen LogP contribution is 2.41. The Morgan fingerprint density at radius 3 is 2.45 bits per heavy atom. The Kier molecular flexibility index (Phi) is 7.49. The summed E-state index contributed by atoms with van der Waals surface area (Å²) in [7, 11) is 0. The lowest BCUT2D eigenvalue weighted by atomic mass is 9.79. The number of carbonyl (C=O) groups is 1. The number of aliphatic hydroxyl groups excluding tert-OH is 1. The predicted octanol–water partition coefficient (Wildman–Crippen LogP) is 2.97. The van der Waals surface area contributed by atoms with Crippen molar-refractivity contribution in [2.24, 2.45) is 5.92 Å². The van der Waals surface area contributed by atoms with Crippen LogP contribution in [-0.2, 0) is 10.4 Å². The van der Waals surface area contributed by atoms with E-state index in [0.717, 1.165) is 38.9 Å². The van der Waals surface area contributed by atoms with Crippen molar-refractivity contribution in [3.05, 3.63) is 47.5 Å². The zero-order valence-electron chi connectivity index (χ0n) is 17.8. The smallest absolute Gasteiger partial charge is 0.257 e. The Bertz CT molecular complexity index is 693. The number of rotatable bonds is 7. The average molecular weight is 401 g/mol. The standard InChI is InChI=1S/C24H36N2O3/c1-18(2)7-6-14-26-15-12-21(13-16-26)25-23(28)24(29,19-8-4-3-5-9-19)20-10-11-22(27)17-20/h3-5,7-9,20-22,27,29H,6,10-17H2,1-2H3,(H,25,28)/t20?,22-,24-/m0/s1. The molecule has 1 heterocycles. The van der Waals surface area contributed by atoms with E-state index in [-0.39, 0.29) is 17.9 Å². The minimum Gasteiger partial charge on any atom is -0.393 e. The Morgan fingerprint density at radius 1 is 1.17 bits per heavy atom. The molecule has 2 fully saturated rings. The molecule has 1 unspecified atom stereocenters. The van der Waals surface area contributed by atoms with E-state index in [1.165, 1.54) is 5.57 Å². The number of piperidine rings is 1. The van der Waals surface area contributed by atoms with Crippen LogP contribution < -0.4 is 5.32 Å². The van der Waals surface area contributed by atoms with Gasteiger partial charge in [0.2, 0.25) is 0 Å². The van der Waals surface area contributed by atoms with Crippen LogP contribution in [0.2, 0.25) is 0 Å². The first-order valence-electron chi connectivity index (χ1n) is 11.0. The highest BCUT2D eigenvalue weighted by Gasteiger charge is 2.48. The number of benzene rings is 1. The second kappa shape index (κ2) is 9.88. The molecule has 1 saturated carbocycles. The van der Waals surface area contributed by atoms with Gasteiger partial charge in [-0.15, -0.1) is 0 Å². The first kappa shape index (κ1) is 22.0. The monoisotopic (exact) mass is 400 g/mol. The summed E-state index contributed by atoms with van der Waals surface area (Å²) in [6, 6.07) is 9.31. The third-order valence-corrected chi connectivity index (χ3v) is 6.48. The molecule has 1 amide bonds. The molecule has 0 aromatic heterocycles. The quantitative estimate of drug-likeness (QED) is 0.615. The number of nitrogens with one attached hydrogen (secondary N) is 1. The molecule has 1 aromatic rings. The number of amides is 1. The second-order valence-corrected chi connectivity index (χ2v) is 8.96. The molecular weight excluding hydrogens is 364 g/mol. The van der Waals surface area contributed by atoms with Crippen LogP contribution in [0.15, 0.2) is 42.0 Å². The molecular formula is C24H36N2O3. The second-order valence-electron chi connectivity index (χ2n) is 8.96. The van der Waals surface area contributed by atoms with Gasteiger partial charge in [-0.25, -0.2) is 0 Å². The van der Waals surface area contributed by atoms with Gasteiger partial charge in [0.1, 0.15) is 0 Å². The molecule has 160 valence electrons. The van der Waals surface area contributed by atoms with Gasteiger partial charge in [0.25, 0.3) is 5.91 Å². The topological polar surface area (TPSA) is 72.8 Å². The van der Waals surface area contributed by atoms with E-state index in [1.807, 2.05) is 30.3 Å². The molecule has 0 radical (unpaired) electrons. The SMILES string of the molecule is CC(C)=CCCN1CCC(NC(=O)[C@](O)(c2ccccc2)C2CC[C@H](O)C2)CC1. The maximum atomic E-state index is 13.3. The van der Waals surface area contributed by atoms with Gasteiger partial charge in [-0.05, 0) is 57.9 Å². The van der Waals surface area contributed by atoms with E-state index in [4.69, 9.17) is 0 Å². The van der Waals surface area contributed by atoms with Crippen molar-refractivity contribution in [3.8, 4) is 0 Å². The van der Waals surface area contributed by atoms with Crippen molar-refractivity contribution >= 4 is 5.91 Å². The summed E-state index contributed by atoms with van der Waals surface area (Å²) in [5.74, 6) is -0.574. The van der Waals surface area contributed by atoms with Crippen LogP contribution in [-0.4, -0.2) is 52.8 Å². The van der Waals surface area contributed by atoms with E-state index < -0.39 is 11.7 Å². The summed E-state index contributed by atoms with van der Waals surface area (Å²) < 4.78 is 0. The van der Waals surface area contributed by atoms with Crippen molar-refractivity contribution in [2.45, 2.75) is 70.1 Å². The third-order valence-electron chi connectivity index (χ3n) is 6.48. The lowest BCUT2D eigenvalue weighted by molar-refractivity contribution is -0.148. The number of allylic oxidation sites excluding steroid dienone is 1. The Labute approximate surface area is 174 Å².